The first-order valence-electron chi connectivity index (χ1n) is 6.57. The van der Waals surface area contributed by atoms with Gasteiger partial charge in [0, 0.05) is 5.69 Å². The number of carbonyl (C=O) groups excluding carboxylic acids is 1. The Hall–Kier alpha value is -2.64. The summed E-state index contributed by atoms with van der Waals surface area (Å²) in [5, 5.41) is 6.55. The fraction of sp³-hybridized carbons (Fsp3) is 0. The number of hydrogen-bond donors (Lipinski definition) is 2. The first kappa shape index (κ1) is 15.3. The number of benzene rings is 1. The van der Waals surface area contributed by atoms with Gasteiger partial charge in [-0.3, -0.25) is 5.32 Å². The van der Waals surface area contributed by atoms with Crippen LogP contribution in [0.25, 0.3) is 0 Å². The van der Waals surface area contributed by atoms with Crippen LogP contribution in [0.1, 0.15) is 0 Å². The maximum Gasteiger partial charge on any atom is 0.419 e. The van der Waals surface area contributed by atoms with Gasteiger partial charge < -0.3 is 10.1 Å². The van der Waals surface area contributed by atoms with Crippen molar-refractivity contribution in [1.82, 2.24) is 9.97 Å². The molecule has 1 amide bonds. The van der Waals surface area contributed by atoms with Gasteiger partial charge in [0.15, 0.2) is 5.00 Å². The standard InChI is InChI=1S/C15H11ClN4O2S/c16-11-7-4-8-12(19-11)20-15(21)22-13-14(23-9-17-13)18-10-5-2-1-3-6-10/h1-9,18H,(H,19,20,21). The second-order valence-corrected chi connectivity index (χ2v) is 5.58. The smallest absolute Gasteiger partial charge is 0.388 e. The zero-order valence-electron chi connectivity index (χ0n) is 11.7. The van der Waals surface area contributed by atoms with Crippen molar-refractivity contribution in [1.29, 1.82) is 0 Å². The van der Waals surface area contributed by atoms with E-state index in [4.69, 9.17) is 16.3 Å². The quantitative estimate of drug-likeness (QED) is 0.678. The molecule has 2 N–H and O–H groups in total. The van der Waals surface area contributed by atoms with E-state index >= 15 is 0 Å². The Morgan fingerprint density at radius 3 is 2.74 bits per heavy atom. The monoisotopic (exact) mass is 346 g/mol. The number of rotatable bonds is 4. The molecule has 0 bridgehead atoms. The Kier molecular flexibility index (Phi) is 4.70. The van der Waals surface area contributed by atoms with Crippen LogP contribution in [0.2, 0.25) is 5.15 Å². The summed E-state index contributed by atoms with van der Waals surface area (Å²) in [6.07, 6.45) is -0.693. The fourth-order valence-corrected chi connectivity index (χ4v) is 2.53. The van der Waals surface area contributed by atoms with Gasteiger partial charge in [0.1, 0.15) is 11.0 Å². The number of thiazole rings is 1. The molecule has 8 heteroatoms. The highest BCUT2D eigenvalue weighted by Gasteiger charge is 2.13. The maximum absolute atomic E-state index is 11.9. The summed E-state index contributed by atoms with van der Waals surface area (Å²) < 4.78 is 5.21. The molecule has 1 aromatic carbocycles. The minimum atomic E-state index is -0.693. The van der Waals surface area contributed by atoms with Gasteiger partial charge in [-0.1, -0.05) is 35.9 Å². The number of para-hydroxylation sites is 1. The number of carbonyl (C=O) groups is 1. The van der Waals surface area contributed by atoms with Gasteiger partial charge in [0.25, 0.3) is 5.88 Å². The number of pyridine rings is 1. The number of aromatic nitrogens is 2. The van der Waals surface area contributed by atoms with Gasteiger partial charge in [0.05, 0.1) is 5.51 Å². The molecule has 0 saturated carbocycles. The molecule has 0 fully saturated rings. The summed E-state index contributed by atoms with van der Waals surface area (Å²) in [4.78, 5) is 19.9. The van der Waals surface area contributed by atoms with E-state index in [0.29, 0.717) is 10.8 Å². The molecule has 0 aliphatic heterocycles. The molecule has 0 radical (unpaired) electrons. The maximum atomic E-state index is 11.9. The Morgan fingerprint density at radius 1 is 1.13 bits per heavy atom. The van der Waals surface area contributed by atoms with Crippen LogP contribution < -0.4 is 15.4 Å². The summed E-state index contributed by atoms with van der Waals surface area (Å²) in [5.41, 5.74) is 2.46. The van der Waals surface area contributed by atoms with Crippen molar-refractivity contribution in [2.24, 2.45) is 0 Å². The molecular weight excluding hydrogens is 336 g/mol. The highest BCUT2D eigenvalue weighted by molar-refractivity contribution is 7.14. The van der Waals surface area contributed by atoms with Crippen molar-refractivity contribution in [3.8, 4) is 5.88 Å². The molecule has 0 aliphatic rings. The Labute approximate surface area is 141 Å². The lowest BCUT2D eigenvalue weighted by molar-refractivity contribution is 0.214. The molecule has 116 valence electrons. The largest absolute Gasteiger partial charge is 0.419 e. The van der Waals surface area contributed by atoms with Gasteiger partial charge in [0.2, 0.25) is 0 Å². The first-order chi connectivity index (χ1) is 11.2. The van der Waals surface area contributed by atoms with E-state index in [2.05, 4.69) is 20.6 Å². The van der Waals surface area contributed by atoms with Gasteiger partial charge in [-0.15, -0.1) is 11.3 Å². The Morgan fingerprint density at radius 2 is 1.96 bits per heavy atom. The number of nitrogens with zero attached hydrogens (tertiary/aromatic N) is 2. The molecule has 0 aliphatic carbocycles. The van der Waals surface area contributed by atoms with E-state index in [9.17, 15) is 4.79 Å². The minimum Gasteiger partial charge on any atom is -0.388 e. The highest BCUT2D eigenvalue weighted by Crippen LogP contribution is 2.31. The van der Waals surface area contributed by atoms with Crippen molar-refractivity contribution in [2.45, 2.75) is 0 Å². The normalized spacial score (nSPS) is 10.1. The molecule has 3 rings (SSSR count). The van der Waals surface area contributed by atoms with Crippen LogP contribution in [-0.4, -0.2) is 16.1 Å². The Bertz CT molecular complexity index is 810. The number of amides is 1. The van der Waals surface area contributed by atoms with E-state index in [1.807, 2.05) is 30.3 Å². The molecule has 2 aromatic heterocycles. The zero-order chi connectivity index (χ0) is 16.1. The minimum absolute atomic E-state index is 0.193. The molecular formula is C15H11ClN4O2S. The van der Waals surface area contributed by atoms with E-state index in [-0.39, 0.29) is 11.0 Å². The van der Waals surface area contributed by atoms with Crippen LogP contribution in [0.5, 0.6) is 5.88 Å². The molecule has 6 nitrogen and oxygen atoms in total. The SMILES string of the molecule is O=C(Nc1cccc(Cl)n1)Oc1ncsc1Nc1ccccc1. The predicted octanol–water partition coefficient (Wildman–Crippen LogP) is 4.55. The lowest BCUT2D eigenvalue weighted by atomic mass is 10.3. The summed E-state index contributed by atoms with van der Waals surface area (Å²) in [7, 11) is 0. The lowest BCUT2D eigenvalue weighted by Crippen LogP contribution is -2.18. The highest BCUT2D eigenvalue weighted by atomic mass is 35.5. The van der Waals surface area contributed by atoms with Gasteiger partial charge in [-0.2, -0.15) is 0 Å². The third kappa shape index (κ3) is 4.18. The third-order valence-electron chi connectivity index (χ3n) is 2.70. The second-order valence-electron chi connectivity index (χ2n) is 4.34. The van der Waals surface area contributed by atoms with E-state index in [1.54, 1.807) is 23.7 Å². The van der Waals surface area contributed by atoms with E-state index in [1.165, 1.54) is 11.3 Å². The first-order valence-corrected chi connectivity index (χ1v) is 7.83. The third-order valence-corrected chi connectivity index (χ3v) is 3.63. The number of halogens is 1. The number of nitrogens with one attached hydrogen (secondary N) is 2. The van der Waals surface area contributed by atoms with Crippen molar-refractivity contribution < 1.29 is 9.53 Å². The summed E-state index contributed by atoms with van der Waals surface area (Å²) in [6, 6.07) is 14.4. The molecule has 23 heavy (non-hydrogen) atoms. The second kappa shape index (κ2) is 7.08. The van der Waals surface area contributed by atoms with E-state index < -0.39 is 6.09 Å². The average Bonchev–Trinajstić information content (AvgIpc) is 2.95. The van der Waals surface area contributed by atoms with Gasteiger partial charge in [-0.25, -0.2) is 14.8 Å². The molecule has 2 heterocycles. The van der Waals surface area contributed by atoms with Gasteiger partial charge >= 0.3 is 6.09 Å². The predicted molar refractivity (Wildman–Crippen MR) is 90.7 cm³/mol. The van der Waals surface area contributed by atoms with Crippen LogP contribution in [0.4, 0.5) is 21.3 Å². The molecule has 0 spiro atoms. The van der Waals surface area contributed by atoms with Crippen LogP contribution in [0.15, 0.2) is 54.0 Å². The van der Waals surface area contributed by atoms with E-state index in [0.717, 1.165) is 5.69 Å². The zero-order valence-corrected chi connectivity index (χ0v) is 13.3. The molecule has 0 atom stereocenters. The number of anilines is 3. The van der Waals surface area contributed by atoms with Crippen molar-refractivity contribution in [3.05, 3.63) is 59.2 Å². The van der Waals surface area contributed by atoms with Crippen LogP contribution in [-0.2, 0) is 0 Å². The summed E-state index contributed by atoms with van der Waals surface area (Å²) in [6.45, 7) is 0. The van der Waals surface area contributed by atoms with Crippen molar-refractivity contribution in [2.75, 3.05) is 10.6 Å². The van der Waals surface area contributed by atoms with Crippen LogP contribution in [0.3, 0.4) is 0 Å². The average molecular weight is 347 g/mol. The van der Waals surface area contributed by atoms with Crippen molar-refractivity contribution in [3.63, 3.8) is 0 Å². The lowest BCUT2D eigenvalue weighted by Gasteiger charge is -2.07. The fourth-order valence-electron chi connectivity index (χ4n) is 1.74. The van der Waals surface area contributed by atoms with Crippen LogP contribution in [0, 0.1) is 0 Å². The molecule has 3 aromatic rings. The summed E-state index contributed by atoms with van der Waals surface area (Å²) in [5.74, 6) is 0.494. The number of hydrogen-bond acceptors (Lipinski definition) is 6. The number of ether oxygens (including phenoxy) is 1. The molecule has 0 saturated heterocycles. The van der Waals surface area contributed by atoms with Crippen LogP contribution >= 0.6 is 22.9 Å². The summed E-state index contributed by atoms with van der Waals surface area (Å²) >= 11 is 7.09. The topological polar surface area (TPSA) is 76.1 Å². The Balaban J connectivity index is 1.66. The molecule has 0 unspecified atom stereocenters. The van der Waals surface area contributed by atoms with Crippen molar-refractivity contribution >= 4 is 45.5 Å². The van der Waals surface area contributed by atoms with Gasteiger partial charge in [-0.05, 0) is 24.3 Å².